The molecule has 0 saturated heterocycles. The monoisotopic (exact) mass is 442 g/mol. The Morgan fingerprint density at radius 3 is 2.55 bits per heavy atom. The number of carbonyl (C=O) groups excluding carboxylic acids is 2. The second-order valence-electron chi connectivity index (χ2n) is 8.27. The summed E-state index contributed by atoms with van der Waals surface area (Å²) in [5, 5.41) is 13.3. The molecule has 0 aromatic heterocycles. The van der Waals surface area contributed by atoms with E-state index in [4.69, 9.17) is 9.47 Å². The Hall–Kier alpha value is -3.85. The topological polar surface area (TPSA) is 88.4 Å². The lowest BCUT2D eigenvalue weighted by Crippen LogP contribution is -2.33. The van der Waals surface area contributed by atoms with Gasteiger partial charge in [0.05, 0.1) is 24.2 Å². The number of ether oxygens (including phenoxy) is 2. The number of nitrogens with one attached hydrogen (secondary N) is 1. The Labute approximate surface area is 193 Å². The minimum Gasteiger partial charge on any atom is -0.490 e. The lowest BCUT2D eigenvalue weighted by atomic mass is 9.72. The summed E-state index contributed by atoms with van der Waals surface area (Å²) >= 11 is 0. The number of hydrogen-bond acceptors (Lipinski definition) is 6. The van der Waals surface area contributed by atoms with Crippen molar-refractivity contribution in [3.05, 3.63) is 82.2 Å². The molecular formula is C27H26N2O4. The van der Waals surface area contributed by atoms with E-state index >= 15 is 0 Å². The van der Waals surface area contributed by atoms with Crippen LogP contribution in [0.4, 0.5) is 0 Å². The van der Waals surface area contributed by atoms with Gasteiger partial charge >= 0.3 is 5.97 Å². The Balaban J connectivity index is 1.79. The summed E-state index contributed by atoms with van der Waals surface area (Å²) in [6.07, 6.45) is 1.09. The molecule has 1 aliphatic heterocycles. The third-order valence-corrected chi connectivity index (χ3v) is 6.07. The molecule has 1 heterocycles. The van der Waals surface area contributed by atoms with E-state index in [1.165, 1.54) is 6.92 Å². The van der Waals surface area contributed by atoms with E-state index < -0.39 is 11.9 Å². The predicted molar refractivity (Wildman–Crippen MR) is 124 cm³/mol. The molecule has 0 fully saturated rings. The van der Waals surface area contributed by atoms with Gasteiger partial charge in [-0.3, -0.25) is 9.59 Å². The molecule has 33 heavy (non-hydrogen) atoms. The molecule has 2 aliphatic rings. The molecule has 0 unspecified atom stereocenters. The molecule has 0 saturated carbocycles. The molecule has 2 aromatic rings. The van der Waals surface area contributed by atoms with Crippen LogP contribution < -0.4 is 14.8 Å². The fourth-order valence-corrected chi connectivity index (χ4v) is 4.69. The number of benzene rings is 2. The molecule has 0 spiro atoms. The van der Waals surface area contributed by atoms with Crippen LogP contribution in [0.5, 0.6) is 11.5 Å². The molecule has 2 atom stereocenters. The van der Waals surface area contributed by atoms with Crippen LogP contribution in [0.15, 0.2) is 71.1 Å². The van der Waals surface area contributed by atoms with Gasteiger partial charge in [-0.25, -0.2) is 0 Å². The van der Waals surface area contributed by atoms with Crippen LogP contribution in [0.1, 0.15) is 56.6 Å². The molecule has 6 heteroatoms. The Morgan fingerprint density at radius 2 is 1.88 bits per heavy atom. The Morgan fingerprint density at radius 1 is 1.12 bits per heavy atom. The van der Waals surface area contributed by atoms with Gasteiger partial charge in [-0.1, -0.05) is 36.4 Å². The average molecular weight is 443 g/mol. The number of carbonyl (C=O) groups is 2. The van der Waals surface area contributed by atoms with Gasteiger partial charge in [0, 0.05) is 30.3 Å². The maximum atomic E-state index is 13.5. The standard InChI is InChI=1S/C27H26N2O4/c1-4-32-25-14-19(10-11-24(25)33-17(3)30)26-21(15-28)16(2)29-22-12-20(13-23(31)27(22)26)18-8-6-5-7-9-18/h5-11,14,20,26,29H,4,12-13H2,1-3H3/t20-,26+/m1/s1. The van der Waals surface area contributed by atoms with Crippen molar-refractivity contribution in [3.63, 3.8) is 0 Å². The molecule has 0 bridgehead atoms. The zero-order chi connectivity index (χ0) is 23.5. The summed E-state index contributed by atoms with van der Waals surface area (Å²) in [7, 11) is 0. The molecule has 1 N–H and O–H groups in total. The van der Waals surface area contributed by atoms with Gasteiger partial charge in [0.25, 0.3) is 0 Å². The number of nitrogens with zero attached hydrogens (tertiary/aromatic N) is 1. The fourth-order valence-electron chi connectivity index (χ4n) is 4.69. The first kappa shape index (κ1) is 22.3. The van der Waals surface area contributed by atoms with Crippen LogP contribution in [0.25, 0.3) is 0 Å². The van der Waals surface area contributed by atoms with Crippen LogP contribution in [-0.4, -0.2) is 18.4 Å². The molecule has 4 rings (SSSR count). The van der Waals surface area contributed by atoms with E-state index in [-0.39, 0.29) is 11.7 Å². The maximum absolute atomic E-state index is 13.5. The largest absolute Gasteiger partial charge is 0.490 e. The minimum absolute atomic E-state index is 0.0323. The Kier molecular flexibility index (Phi) is 6.32. The highest BCUT2D eigenvalue weighted by Crippen LogP contribution is 2.46. The van der Waals surface area contributed by atoms with E-state index in [2.05, 4.69) is 23.5 Å². The number of nitriles is 1. The van der Waals surface area contributed by atoms with Crippen molar-refractivity contribution in [2.45, 2.75) is 45.4 Å². The summed E-state index contributed by atoms with van der Waals surface area (Å²) in [4.78, 5) is 24.9. The third kappa shape index (κ3) is 4.40. The van der Waals surface area contributed by atoms with E-state index in [0.29, 0.717) is 42.1 Å². The van der Waals surface area contributed by atoms with Crippen molar-refractivity contribution in [2.24, 2.45) is 0 Å². The van der Waals surface area contributed by atoms with Crippen LogP contribution in [-0.2, 0) is 9.59 Å². The van der Waals surface area contributed by atoms with Crippen molar-refractivity contribution < 1.29 is 19.1 Å². The molecule has 0 radical (unpaired) electrons. The summed E-state index contributed by atoms with van der Waals surface area (Å²) in [5.74, 6) is -0.0995. The highest BCUT2D eigenvalue weighted by molar-refractivity contribution is 6.00. The van der Waals surface area contributed by atoms with Crippen LogP contribution in [0.3, 0.4) is 0 Å². The molecule has 1 aliphatic carbocycles. The summed E-state index contributed by atoms with van der Waals surface area (Å²) in [6.45, 7) is 5.42. The second kappa shape index (κ2) is 9.33. The molecule has 168 valence electrons. The van der Waals surface area contributed by atoms with E-state index in [0.717, 1.165) is 22.5 Å². The second-order valence-corrected chi connectivity index (χ2v) is 8.27. The number of ketones is 1. The number of rotatable bonds is 5. The highest BCUT2D eigenvalue weighted by atomic mass is 16.6. The smallest absolute Gasteiger partial charge is 0.308 e. The number of dihydropyridines is 1. The van der Waals surface area contributed by atoms with Gasteiger partial charge in [0.2, 0.25) is 0 Å². The van der Waals surface area contributed by atoms with Gasteiger partial charge in [-0.15, -0.1) is 0 Å². The van der Waals surface area contributed by atoms with Crippen molar-refractivity contribution in [3.8, 4) is 17.6 Å². The number of hydrogen-bond donors (Lipinski definition) is 1. The van der Waals surface area contributed by atoms with Gasteiger partial charge in [-0.05, 0) is 49.4 Å². The van der Waals surface area contributed by atoms with Crippen molar-refractivity contribution in [1.29, 1.82) is 5.26 Å². The highest BCUT2D eigenvalue weighted by Gasteiger charge is 2.39. The van der Waals surface area contributed by atoms with Crippen LogP contribution in [0.2, 0.25) is 0 Å². The summed E-state index contributed by atoms with van der Waals surface area (Å²) in [5.41, 5.74) is 4.63. The Bertz CT molecular complexity index is 1200. The van der Waals surface area contributed by atoms with Crippen molar-refractivity contribution in [1.82, 2.24) is 5.32 Å². The normalized spacial score (nSPS) is 20.0. The zero-order valence-electron chi connectivity index (χ0n) is 19.0. The maximum Gasteiger partial charge on any atom is 0.308 e. The number of Topliss-reactive ketones (excluding diaryl/α,β-unsaturated/α-hetero) is 1. The van der Waals surface area contributed by atoms with E-state index in [1.807, 2.05) is 32.0 Å². The molecule has 0 amide bonds. The predicted octanol–water partition coefficient (Wildman–Crippen LogP) is 4.90. The molecule has 2 aromatic carbocycles. The lowest BCUT2D eigenvalue weighted by molar-refractivity contribution is -0.132. The molecule has 6 nitrogen and oxygen atoms in total. The summed E-state index contributed by atoms with van der Waals surface area (Å²) in [6, 6.07) is 17.6. The van der Waals surface area contributed by atoms with Gasteiger partial charge in [-0.2, -0.15) is 5.26 Å². The SMILES string of the molecule is CCOc1cc([C@H]2C(C#N)=C(C)NC3=C2C(=O)C[C@H](c2ccccc2)C3)ccc1OC(C)=O. The van der Waals surface area contributed by atoms with E-state index in [1.54, 1.807) is 18.2 Å². The summed E-state index contributed by atoms with van der Waals surface area (Å²) < 4.78 is 11.0. The quantitative estimate of drug-likeness (QED) is 0.524. The fraction of sp³-hybridized carbons (Fsp3) is 0.296. The zero-order valence-corrected chi connectivity index (χ0v) is 19.0. The van der Waals surface area contributed by atoms with Crippen LogP contribution >= 0.6 is 0 Å². The van der Waals surface area contributed by atoms with E-state index in [9.17, 15) is 14.9 Å². The van der Waals surface area contributed by atoms with Gasteiger partial charge < -0.3 is 14.8 Å². The minimum atomic E-state index is -0.499. The lowest BCUT2D eigenvalue weighted by Gasteiger charge is -2.35. The van der Waals surface area contributed by atoms with Gasteiger partial charge in [0.15, 0.2) is 17.3 Å². The first-order valence-corrected chi connectivity index (χ1v) is 11.1. The first-order chi connectivity index (χ1) is 15.9. The van der Waals surface area contributed by atoms with Gasteiger partial charge in [0.1, 0.15) is 0 Å². The number of esters is 1. The average Bonchev–Trinajstić information content (AvgIpc) is 2.79. The van der Waals surface area contributed by atoms with Crippen molar-refractivity contribution in [2.75, 3.05) is 6.61 Å². The van der Waals surface area contributed by atoms with Crippen molar-refractivity contribution >= 4 is 11.8 Å². The van der Waals surface area contributed by atoms with Crippen LogP contribution in [0, 0.1) is 11.3 Å². The first-order valence-electron chi connectivity index (χ1n) is 11.1. The number of allylic oxidation sites excluding steroid dienone is 4. The third-order valence-electron chi connectivity index (χ3n) is 6.07. The molecular weight excluding hydrogens is 416 g/mol.